The van der Waals surface area contributed by atoms with Gasteiger partial charge in [0.2, 0.25) is 5.43 Å². The molecule has 2 N–H and O–H groups in total. The number of hydrogen-bond acceptors (Lipinski definition) is 5. The fourth-order valence-electron chi connectivity index (χ4n) is 2.70. The van der Waals surface area contributed by atoms with Gasteiger partial charge in [-0.1, -0.05) is 6.07 Å². The predicted molar refractivity (Wildman–Crippen MR) is 91.1 cm³/mol. The first kappa shape index (κ1) is 17.9. The fourth-order valence-corrected chi connectivity index (χ4v) is 2.70. The molecule has 3 rings (SSSR count). The van der Waals surface area contributed by atoms with Gasteiger partial charge >= 0.3 is 0 Å². The summed E-state index contributed by atoms with van der Waals surface area (Å²) in [6, 6.07) is 6.55. The van der Waals surface area contributed by atoms with Gasteiger partial charge in [0.05, 0.1) is 26.4 Å². The zero-order valence-electron chi connectivity index (χ0n) is 14.2. The normalized spacial score (nSPS) is 19.6. The average Bonchev–Trinajstić information content (AvgIpc) is 2.63. The second kappa shape index (κ2) is 8.01. The van der Waals surface area contributed by atoms with Crippen LogP contribution in [0.1, 0.15) is 16.9 Å². The Labute approximate surface area is 149 Å². The average molecular weight is 362 g/mol. The Bertz CT molecular complexity index is 838. The number of hydrogen-bond donors (Lipinski definition) is 2. The maximum atomic E-state index is 13.3. The molecule has 7 nitrogen and oxygen atoms in total. The molecule has 1 amide bonds. The third-order valence-electron chi connectivity index (χ3n) is 4.03. The van der Waals surface area contributed by atoms with Gasteiger partial charge in [-0.3, -0.25) is 9.59 Å². The van der Waals surface area contributed by atoms with Crippen molar-refractivity contribution < 1.29 is 23.4 Å². The number of nitrogens with one attached hydrogen (secondary N) is 2. The van der Waals surface area contributed by atoms with Crippen LogP contribution in [0.15, 0.2) is 41.3 Å². The van der Waals surface area contributed by atoms with Crippen molar-refractivity contribution in [1.29, 1.82) is 0 Å². The highest BCUT2D eigenvalue weighted by molar-refractivity contribution is 5.92. The molecular formula is C18H19FN2O5. The predicted octanol–water partition coefficient (Wildman–Crippen LogP) is 1.49. The van der Waals surface area contributed by atoms with E-state index in [0.29, 0.717) is 18.8 Å². The third kappa shape index (κ3) is 4.20. The lowest BCUT2D eigenvalue weighted by molar-refractivity contribution is -0.00304. The second-order valence-corrected chi connectivity index (χ2v) is 5.84. The molecule has 1 fully saturated rings. The number of H-pyrrole nitrogens is 1. The molecule has 26 heavy (non-hydrogen) atoms. The van der Waals surface area contributed by atoms with E-state index in [1.807, 2.05) is 0 Å². The summed E-state index contributed by atoms with van der Waals surface area (Å²) < 4.78 is 29.4. The summed E-state index contributed by atoms with van der Waals surface area (Å²) in [5.74, 6) is -0.358. The van der Waals surface area contributed by atoms with E-state index in [0.717, 1.165) is 0 Å². The number of aromatic nitrogens is 1. The highest BCUT2D eigenvalue weighted by Crippen LogP contribution is 2.19. The number of carbonyl (C=O) groups is 1. The van der Waals surface area contributed by atoms with Crippen LogP contribution in [0, 0.1) is 5.82 Å². The van der Waals surface area contributed by atoms with Crippen molar-refractivity contribution in [1.82, 2.24) is 10.3 Å². The molecule has 0 unspecified atom stereocenters. The van der Waals surface area contributed by atoms with Gasteiger partial charge in [0.15, 0.2) is 5.75 Å². The van der Waals surface area contributed by atoms with E-state index >= 15 is 0 Å². The molecule has 1 saturated heterocycles. The van der Waals surface area contributed by atoms with Crippen molar-refractivity contribution >= 4 is 5.91 Å². The zero-order chi connectivity index (χ0) is 18.5. The van der Waals surface area contributed by atoms with Gasteiger partial charge in [-0.2, -0.15) is 0 Å². The summed E-state index contributed by atoms with van der Waals surface area (Å²) in [6.45, 7) is 0.734. The van der Waals surface area contributed by atoms with Gasteiger partial charge < -0.3 is 24.5 Å². The Morgan fingerprint density at radius 2 is 2.23 bits per heavy atom. The Morgan fingerprint density at radius 1 is 1.38 bits per heavy atom. The topological polar surface area (TPSA) is 89.7 Å². The fraction of sp³-hybridized carbons (Fsp3) is 0.333. The Kier molecular flexibility index (Phi) is 5.52. The maximum Gasteiger partial charge on any atom is 0.268 e. The molecule has 1 aliphatic rings. The molecule has 2 heterocycles. The first-order valence-corrected chi connectivity index (χ1v) is 8.14. The number of methoxy groups -OCH3 is 1. The summed E-state index contributed by atoms with van der Waals surface area (Å²) in [4.78, 5) is 26.9. The summed E-state index contributed by atoms with van der Waals surface area (Å²) >= 11 is 0. The van der Waals surface area contributed by atoms with Crippen molar-refractivity contribution in [3.8, 4) is 11.5 Å². The van der Waals surface area contributed by atoms with Gasteiger partial charge in [0, 0.05) is 24.8 Å². The van der Waals surface area contributed by atoms with Gasteiger partial charge in [-0.15, -0.1) is 0 Å². The van der Waals surface area contributed by atoms with Crippen LogP contribution in [-0.4, -0.2) is 43.4 Å². The summed E-state index contributed by atoms with van der Waals surface area (Å²) in [6.07, 6.45) is 1.50. The van der Waals surface area contributed by atoms with Crippen LogP contribution >= 0.6 is 0 Å². The first-order valence-electron chi connectivity index (χ1n) is 8.14. The lowest BCUT2D eigenvalue weighted by Crippen LogP contribution is -2.52. The molecule has 0 aliphatic carbocycles. The van der Waals surface area contributed by atoms with Crippen LogP contribution < -0.4 is 20.2 Å². The summed E-state index contributed by atoms with van der Waals surface area (Å²) in [5, 5.41) is 2.79. The summed E-state index contributed by atoms with van der Waals surface area (Å²) in [5.41, 5.74) is -0.297. The van der Waals surface area contributed by atoms with Crippen LogP contribution in [0.5, 0.6) is 11.5 Å². The van der Waals surface area contributed by atoms with Gasteiger partial charge in [0.25, 0.3) is 5.91 Å². The lowest BCUT2D eigenvalue weighted by Gasteiger charge is -2.32. The van der Waals surface area contributed by atoms with Crippen molar-refractivity contribution in [2.45, 2.75) is 18.6 Å². The summed E-state index contributed by atoms with van der Waals surface area (Å²) in [7, 11) is 1.37. The van der Waals surface area contributed by atoms with E-state index in [4.69, 9.17) is 14.2 Å². The largest absolute Gasteiger partial charge is 0.491 e. The van der Waals surface area contributed by atoms with Crippen molar-refractivity contribution in [3.63, 3.8) is 0 Å². The Balaban J connectivity index is 1.70. The molecule has 1 aliphatic heterocycles. The van der Waals surface area contributed by atoms with E-state index in [1.165, 1.54) is 31.5 Å². The molecular weight excluding hydrogens is 343 g/mol. The van der Waals surface area contributed by atoms with Gasteiger partial charge in [-0.05, 0) is 12.1 Å². The monoisotopic (exact) mass is 362 g/mol. The quantitative estimate of drug-likeness (QED) is 0.841. The van der Waals surface area contributed by atoms with E-state index in [-0.39, 0.29) is 24.2 Å². The highest BCUT2D eigenvalue weighted by Gasteiger charge is 2.29. The molecule has 8 heteroatoms. The number of aromatic amines is 1. The molecule has 1 aromatic carbocycles. The van der Waals surface area contributed by atoms with E-state index in [9.17, 15) is 14.0 Å². The zero-order valence-corrected chi connectivity index (χ0v) is 14.2. The van der Waals surface area contributed by atoms with E-state index in [1.54, 1.807) is 12.1 Å². The standard InChI is InChI=1S/C18H19FN2O5/c1-24-17-9-20-13(8-15(17)22)18(23)21-14-10-25-6-5-16(14)26-12-4-2-3-11(19)7-12/h2-4,7-9,14,16H,5-6,10H2,1H3,(H,20,22)(H,21,23)/t14-,16+/m1/s1. The van der Waals surface area contributed by atoms with Gasteiger partial charge in [0.1, 0.15) is 23.4 Å². The molecule has 0 spiro atoms. The Morgan fingerprint density at radius 3 is 2.96 bits per heavy atom. The smallest absolute Gasteiger partial charge is 0.268 e. The first-order chi connectivity index (χ1) is 12.6. The molecule has 0 bridgehead atoms. The maximum absolute atomic E-state index is 13.3. The number of ether oxygens (including phenoxy) is 3. The highest BCUT2D eigenvalue weighted by atomic mass is 19.1. The van der Waals surface area contributed by atoms with Crippen LogP contribution in [0.2, 0.25) is 0 Å². The number of amides is 1. The minimum Gasteiger partial charge on any atom is -0.491 e. The SMILES string of the molecule is COc1c[nH]c(C(=O)N[C@@H]2COCC[C@@H]2Oc2cccc(F)c2)cc1=O. The minimum atomic E-state index is -0.465. The van der Waals surface area contributed by atoms with Crippen molar-refractivity contribution in [3.05, 3.63) is 58.3 Å². The van der Waals surface area contributed by atoms with Crippen LogP contribution in [0.25, 0.3) is 0 Å². The third-order valence-corrected chi connectivity index (χ3v) is 4.03. The lowest BCUT2D eigenvalue weighted by atomic mass is 10.1. The van der Waals surface area contributed by atoms with E-state index < -0.39 is 23.2 Å². The van der Waals surface area contributed by atoms with Gasteiger partial charge in [-0.25, -0.2) is 4.39 Å². The number of benzene rings is 1. The van der Waals surface area contributed by atoms with Crippen LogP contribution in [0.4, 0.5) is 4.39 Å². The number of pyridine rings is 1. The second-order valence-electron chi connectivity index (χ2n) is 5.84. The van der Waals surface area contributed by atoms with Crippen LogP contribution in [-0.2, 0) is 4.74 Å². The molecule has 1 aromatic heterocycles. The number of carbonyl (C=O) groups excluding carboxylic acids is 1. The van der Waals surface area contributed by atoms with E-state index in [2.05, 4.69) is 10.3 Å². The van der Waals surface area contributed by atoms with Crippen molar-refractivity contribution in [2.24, 2.45) is 0 Å². The Hall–Kier alpha value is -2.87. The van der Waals surface area contributed by atoms with Crippen molar-refractivity contribution in [2.75, 3.05) is 20.3 Å². The molecule has 2 aromatic rings. The number of halogens is 1. The molecule has 0 saturated carbocycles. The van der Waals surface area contributed by atoms with Crippen LogP contribution in [0.3, 0.4) is 0 Å². The molecule has 138 valence electrons. The molecule has 2 atom stereocenters. The molecule has 0 radical (unpaired) electrons. The minimum absolute atomic E-state index is 0.103. The number of rotatable bonds is 5.